The summed E-state index contributed by atoms with van der Waals surface area (Å²) in [4.78, 5) is 21.5. The number of halogens is 3. The highest BCUT2D eigenvalue weighted by molar-refractivity contribution is 7.99. The third-order valence-electron chi connectivity index (χ3n) is 8.82. The Kier molecular flexibility index (Phi) is 10.7. The number of aromatic nitrogens is 1. The second-order valence-corrected chi connectivity index (χ2v) is 12.6. The van der Waals surface area contributed by atoms with Crippen LogP contribution in [-0.4, -0.2) is 89.8 Å². The number of methoxy groups -OCH3 is 1. The molecule has 3 heterocycles. The van der Waals surface area contributed by atoms with Crippen LogP contribution in [0.25, 0.3) is 10.9 Å². The molecule has 2 aliphatic rings. The molecular formula is C32H38F3N3O5S. The minimum absolute atomic E-state index is 0.0809. The molecule has 1 aromatic heterocycles. The Labute approximate surface area is 259 Å². The first-order chi connectivity index (χ1) is 21.2. The van der Waals surface area contributed by atoms with Gasteiger partial charge in [-0.3, -0.25) is 14.7 Å². The number of nitrogens with zero attached hydrogens (tertiary/aromatic N) is 3. The van der Waals surface area contributed by atoms with Gasteiger partial charge < -0.3 is 24.6 Å². The number of benzene rings is 2. The van der Waals surface area contributed by atoms with Gasteiger partial charge in [-0.2, -0.15) is 0 Å². The number of hydrogen-bond donors (Lipinski definition) is 2. The standard InChI is InChI=1S/C32H38F3N3O5S/c1-42-23-2-3-26-24(18-23)29(21(19-36-26)20-38-10-13-43-14-11-38)27(39)4-5-32(31(40)41)6-8-37(9-7-32)12-15-44-28-17-22(33)16-25(34)30(28)35/h2-3,16-19,27,39H,4-15,20H2,1H3,(H,40,41). The van der Waals surface area contributed by atoms with E-state index in [-0.39, 0.29) is 11.3 Å². The van der Waals surface area contributed by atoms with E-state index in [9.17, 15) is 28.2 Å². The molecule has 12 heteroatoms. The summed E-state index contributed by atoms with van der Waals surface area (Å²) in [6.45, 7) is 4.98. The van der Waals surface area contributed by atoms with E-state index >= 15 is 0 Å². The van der Waals surface area contributed by atoms with E-state index in [2.05, 4.69) is 14.8 Å². The summed E-state index contributed by atoms with van der Waals surface area (Å²) < 4.78 is 52.0. The number of carboxylic acids is 1. The van der Waals surface area contributed by atoms with Crippen LogP contribution in [0.4, 0.5) is 13.2 Å². The number of aliphatic carboxylic acids is 1. The highest BCUT2D eigenvalue weighted by Gasteiger charge is 2.41. The van der Waals surface area contributed by atoms with Crippen molar-refractivity contribution in [3.05, 3.63) is 65.1 Å². The van der Waals surface area contributed by atoms with E-state index in [0.717, 1.165) is 52.9 Å². The predicted molar refractivity (Wildman–Crippen MR) is 161 cm³/mol. The Morgan fingerprint density at radius 3 is 2.57 bits per heavy atom. The molecule has 2 N–H and O–H groups in total. The topological polar surface area (TPSA) is 95.4 Å². The maximum Gasteiger partial charge on any atom is 0.309 e. The van der Waals surface area contributed by atoms with Crippen LogP contribution in [0.15, 0.2) is 41.4 Å². The first-order valence-electron chi connectivity index (χ1n) is 14.9. The number of thioether (sulfide) groups is 1. The lowest BCUT2D eigenvalue weighted by Gasteiger charge is -2.39. The largest absolute Gasteiger partial charge is 0.497 e. The van der Waals surface area contributed by atoms with Gasteiger partial charge in [0.05, 0.1) is 37.4 Å². The highest BCUT2D eigenvalue weighted by Crippen LogP contribution is 2.41. The lowest BCUT2D eigenvalue weighted by Crippen LogP contribution is -2.45. The van der Waals surface area contributed by atoms with Crippen molar-refractivity contribution in [1.82, 2.24) is 14.8 Å². The number of carboxylic acid groups (broad SMARTS) is 1. The molecule has 0 spiro atoms. The Morgan fingerprint density at radius 1 is 1.11 bits per heavy atom. The molecule has 2 fully saturated rings. The molecule has 2 aliphatic heterocycles. The molecule has 0 radical (unpaired) electrons. The smallest absolute Gasteiger partial charge is 0.309 e. The SMILES string of the molecule is COc1ccc2ncc(CN3CCOCC3)c(C(O)CCC3(C(=O)O)CCN(CCSc4cc(F)cc(F)c4F)CC3)c2c1. The molecule has 0 saturated carbocycles. The van der Waals surface area contributed by atoms with Crippen molar-refractivity contribution < 1.29 is 37.7 Å². The minimum atomic E-state index is -1.22. The van der Waals surface area contributed by atoms with Gasteiger partial charge in [0, 0.05) is 54.5 Å². The van der Waals surface area contributed by atoms with Crippen LogP contribution >= 0.6 is 11.8 Å². The molecule has 0 aliphatic carbocycles. The number of likely N-dealkylation sites (tertiary alicyclic amines) is 1. The number of hydrogen-bond acceptors (Lipinski definition) is 8. The molecule has 44 heavy (non-hydrogen) atoms. The molecule has 2 saturated heterocycles. The first kappa shape index (κ1) is 32.5. The summed E-state index contributed by atoms with van der Waals surface area (Å²) in [6.07, 6.45) is 2.25. The average Bonchev–Trinajstić information content (AvgIpc) is 3.02. The van der Waals surface area contributed by atoms with Crippen molar-refractivity contribution in [1.29, 1.82) is 0 Å². The van der Waals surface area contributed by atoms with Gasteiger partial charge in [-0.25, -0.2) is 13.2 Å². The van der Waals surface area contributed by atoms with Gasteiger partial charge in [-0.15, -0.1) is 11.8 Å². The van der Waals surface area contributed by atoms with Crippen LogP contribution < -0.4 is 4.74 Å². The maximum absolute atomic E-state index is 14.0. The molecule has 1 atom stereocenters. The molecular weight excluding hydrogens is 595 g/mol. The molecule has 0 amide bonds. The zero-order chi connectivity index (χ0) is 31.3. The quantitative estimate of drug-likeness (QED) is 0.205. The number of rotatable bonds is 12. The van der Waals surface area contributed by atoms with Crippen molar-refractivity contribution in [2.45, 2.75) is 43.2 Å². The molecule has 1 unspecified atom stereocenters. The van der Waals surface area contributed by atoms with Gasteiger partial charge in [0.2, 0.25) is 0 Å². The van der Waals surface area contributed by atoms with Crippen molar-refractivity contribution >= 4 is 28.6 Å². The summed E-state index contributed by atoms with van der Waals surface area (Å²) in [7, 11) is 1.59. The van der Waals surface area contributed by atoms with Gasteiger partial charge in [0.1, 0.15) is 11.6 Å². The van der Waals surface area contributed by atoms with Crippen molar-refractivity contribution in [2.75, 3.05) is 58.8 Å². The zero-order valence-electron chi connectivity index (χ0n) is 24.7. The number of carbonyl (C=O) groups is 1. The normalized spacial score (nSPS) is 18.4. The van der Waals surface area contributed by atoms with Crippen LogP contribution in [-0.2, 0) is 16.1 Å². The van der Waals surface area contributed by atoms with E-state index in [4.69, 9.17) is 9.47 Å². The lowest BCUT2D eigenvalue weighted by atomic mass is 9.74. The van der Waals surface area contributed by atoms with E-state index in [1.807, 2.05) is 18.2 Å². The fraction of sp³-hybridized carbons (Fsp3) is 0.500. The fourth-order valence-corrected chi connectivity index (χ4v) is 7.12. The maximum atomic E-state index is 14.0. The predicted octanol–water partition coefficient (Wildman–Crippen LogP) is 5.27. The fourth-order valence-electron chi connectivity index (χ4n) is 6.14. The highest BCUT2D eigenvalue weighted by atomic mass is 32.2. The summed E-state index contributed by atoms with van der Waals surface area (Å²) in [5.74, 6) is -2.94. The zero-order valence-corrected chi connectivity index (χ0v) is 25.6. The monoisotopic (exact) mass is 633 g/mol. The second kappa shape index (κ2) is 14.5. The second-order valence-electron chi connectivity index (χ2n) is 11.5. The van der Waals surface area contributed by atoms with Crippen LogP contribution in [0.1, 0.15) is 42.9 Å². The van der Waals surface area contributed by atoms with Crippen molar-refractivity contribution in [3.8, 4) is 5.75 Å². The van der Waals surface area contributed by atoms with Gasteiger partial charge in [0.25, 0.3) is 0 Å². The summed E-state index contributed by atoms with van der Waals surface area (Å²) in [5, 5.41) is 22.8. The molecule has 5 rings (SSSR count). The number of aliphatic hydroxyl groups excluding tert-OH is 1. The number of morpholine rings is 1. The number of ether oxygens (including phenoxy) is 2. The van der Waals surface area contributed by atoms with Crippen LogP contribution in [0.2, 0.25) is 0 Å². The van der Waals surface area contributed by atoms with E-state index in [1.165, 1.54) is 0 Å². The Bertz CT molecular complexity index is 1460. The number of aliphatic hydroxyl groups is 1. The van der Waals surface area contributed by atoms with Gasteiger partial charge in [-0.05, 0) is 74.2 Å². The van der Waals surface area contributed by atoms with E-state index < -0.39 is 34.9 Å². The Balaban J connectivity index is 1.25. The summed E-state index contributed by atoms with van der Waals surface area (Å²) >= 11 is 1.03. The lowest BCUT2D eigenvalue weighted by molar-refractivity contribution is -0.153. The number of piperidine rings is 1. The van der Waals surface area contributed by atoms with Gasteiger partial charge in [0.15, 0.2) is 11.6 Å². The van der Waals surface area contributed by atoms with Gasteiger partial charge in [-0.1, -0.05) is 0 Å². The third-order valence-corrected chi connectivity index (χ3v) is 9.81. The molecule has 0 bridgehead atoms. The molecule has 3 aromatic rings. The average molecular weight is 634 g/mol. The van der Waals surface area contributed by atoms with E-state index in [0.29, 0.717) is 76.2 Å². The van der Waals surface area contributed by atoms with Crippen LogP contribution in [0.5, 0.6) is 5.75 Å². The first-order valence-corrected chi connectivity index (χ1v) is 15.8. The van der Waals surface area contributed by atoms with Gasteiger partial charge >= 0.3 is 5.97 Å². The number of fused-ring (bicyclic) bond motifs is 1. The molecule has 8 nitrogen and oxygen atoms in total. The Hall–Kier alpha value is -2.90. The van der Waals surface area contributed by atoms with Crippen LogP contribution in [0, 0.1) is 22.9 Å². The number of pyridine rings is 1. The minimum Gasteiger partial charge on any atom is -0.497 e. The Morgan fingerprint density at radius 2 is 1.86 bits per heavy atom. The van der Waals surface area contributed by atoms with Crippen molar-refractivity contribution in [3.63, 3.8) is 0 Å². The molecule has 238 valence electrons. The third kappa shape index (κ3) is 7.48. The summed E-state index contributed by atoms with van der Waals surface area (Å²) in [6, 6.07) is 7.05. The van der Waals surface area contributed by atoms with E-state index in [1.54, 1.807) is 13.3 Å². The summed E-state index contributed by atoms with van der Waals surface area (Å²) in [5.41, 5.74) is 1.38. The molecule has 2 aromatic carbocycles. The van der Waals surface area contributed by atoms with Crippen LogP contribution in [0.3, 0.4) is 0 Å². The van der Waals surface area contributed by atoms with Crippen molar-refractivity contribution in [2.24, 2.45) is 5.41 Å².